The molecule has 0 aliphatic carbocycles. The number of methoxy groups -OCH3 is 1. The van der Waals surface area contributed by atoms with Gasteiger partial charge in [0, 0.05) is 0 Å². The minimum absolute atomic E-state index is 0.369. The van der Waals surface area contributed by atoms with Gasteiger partial charge in [-0.15, -0.1) is 0 Å². The Bertz CT molecular complexity index is 218. The van der Waals surface area contributed by atoms with Crippen molar-refractivity contribution < 1.29 is 14.6 Å². The van der Waals surface area contributed by atoms with E-state index < -0.39 is 6.79 Å². The highest BCUT2D eigenvalue weighted by atomic mass is 16.6. The molecule has 0 fully saturated rings. The summed E-state index contributed by atoms with van der Waals surface area (Å²) in [5, 5.41) is 9.98. The molecular weight excluding hydrogens is 156 g/mol. The molecule has 3 nitrogen and oxygen atoms in total. The van der Waals surface area contributed by atoms with E-state index in [1.54, 1.807) is 7.11 Å². The van der Waals surface area contributed by atoms with Gasteiger partial charge >= 0.3 is 0 Å². The molecule has 0 saturated carbocycles. The molecule has 0 bridgehead atoms. The van der Waals surface area contributed by atoms with E-state index in [0.29, 0.717) is 6.61 Å². The lowest BCUT2D eigenvalue weighted by molar-refractivity contribution is -0.0522. The van der Waals surface area contributed by atoms with Crippen LogP contribution >= 0.6 is 0 Å². The van der Waals surface area contributed by atoms with Gasteiger partial charge in [-0.1, -0.05) is 12.1 Å². The van der Waals surface area contributed by atoms with Crippen LogP contribution in [0.3, 0.4) is 0 Å². The summed E-state index contributed by atoms with van der Waals surface area (Å²) in [5.41, 5.74) is 0.978. The van der Waals surface area contributed by atoms with Crippen LogP contribution in [0.4, 0.5) is 0 Å². The van der Waals surface area contributed by atoms with Gasteiger partial charge in [-0.25, -0.2) is 5.11 Å². The fraction of sp³-hybridized carbons (Fsp3) is 0.333. The highest BCUT2D eigenvalue weighted by molar-refractivity contribution is 5.26. The van der Waals surface area contributed by atoms with Crippen molar-refractivity contribution in [3.05, 3.63) is 29.8 Å². The molecular formula is C9H11O3. The number of ether oxygens (including phenoxy) is 2. The van der Waals surface area contributed by atoms with Crippen molar-refractivity contribution in [3.8, 4) is 5.75 Å². The van der Waals surface area contributed by atoms with Gasteiger partial charge in [-0.3, -0.25) is 0 Å². The van der Waals surface area contributed by atoms with Crippen molar-refractivity contribution in [2.24, 2.45) is 0 Å². The molecule has 0 aromatic heterocycles. The van der Waals surface area contributed by atoms with Gasteiger partial charge in [-0.2, -0.15) is 0 Å². The molecule has 3 heteroatoms. The molecule has 0 heterocycles. The quantitative estimate of drug-likeness (QED) is 0.639. The van der Waals surface area contributed by atoms with E-state index in [9.17, 15) is 5.11 Å². The van der Waals surface area contributed by atoms with Crippen LogP contribution in [0, 0.1) is 0 Å². The van der Waals surface area contributed by atoms with E-state index in [1.165, 1.54) is 0 Å². The Hall–Kier alpha value is -1.06. The van der Waals surface area contributed by atoms with Gasteiger partial charge < -0.3 is 9.47 Å². The molecule has 1 aromatic carbocycles. The maximum atomic E-state index is 9.98. The Morgan fingerprint density at radius 3 is 2.42 bits per heavy atom. The van der Waals surface area contributed by atoms with Crippen LogP contribution in [-0.4, -0.2) is 13.9 Å². The van der Waals surface area contributed by atoms with Crippen LogP contribution < -0.4 is 4.74 Å². The molecule has 0 amide bonds. The summed E-state index contributed by atoms with van der Waals surface area (Å²) in [4.78, 5) is 0. The van der Waals surface area contributed by atoms with Crippen molar-refractivity contribution in [3.63, 3.8) is 0 Å². The highest BCUT2D eigenvalue weighted by Gasteiger charge is 1.93. The predicted molar refractivity (Wildman–Crippen MR) is 43.3 cm³/mol. The molecule has 1 radical (unpaired) electrons. The normalized spacial score (nSPS) is 9.83. The maximum Gasteiger partial charge on any atom is 0.181 e. The zero-order valence-electron chi connectivity index (χ0n) is 6.95. The molecule has 65 valence electrons. The summed E-state index contributed by atoms with van der Waals surface area (Å²) in [5.74, 6) is 0.806. The minimum Gasteiger partial charge on any atom is -0.497 e. The SMILES string of the molecule is COc1ccc(COC[O])cc1. The minimum atomic E-state index is -0.494. The van der Waals surface area contributed by atoms with Crippen LogP contribution in [0.5, 0.6) is 5.75 Å². The largest absolute Gasteiger partial charge is 0.497 e. The van der Waals surface area contributed by atoms with Crippen LogP contribution in [0.2, 0.25) is 0 Å². The summed E-state index contributed by atoms with van der Waals surface area (Å²) >= 11 is 0. The average Bonchev–Trinajstić information content (AvgIpc) is 2.15. The molecule has 0 aliphatic heterocycles. The standard InChI is InChI=1S/C9H11O3/c1-11-9-4-2-8(3-5-9)6-12-7-10/h2-5H,6-7H2,1H3. The van der Waals surface area contributed by atoms with Crippen LogP contribution in [0.15, 0.2) is 24.3 Å². The van der Waals surface area contributed by atoms with Gasteiger partial charge in [0.05, 0.1) is 13.7 Å². The molecule has 0 aliphatic rings. The smallest absolute Gasteiger partial charge is 0.181 e. The topological polar surface area (TPSA) is 38.4 Å². The number of hydrogen-bond donors (Lipinski definition) is 0. The average molecular weight is 167 g/mol. The fourth-order valence-electron chi connectivity index (χ4n) is 0.881. The van der Waals surface area contributed by atoms with E-state index >= 15 is 0 Å². The van der Waals surface area contributed by atoms with Gasteiger partial charge in [0.25, 0.3) is 0 Å². The van der Waals surface area contributed by atoms with Crippen molar-refractivity contribution in [1.29, 1.82) is 0 Å². The van der Waals surface area contributed by atoms with E-state index in [1.807, 2.05) is 24.3 Å². The van der Waals surface area contributed by atoms with E-state index in [4.69, 9.17) is 9.47 Å². The summed E-state index contributed by atoms with van der Waals surface area (Å²) in [6, 6.07) is 7.41. The molecule has 0 saturated heterocycles. The zero-order valence-corrected chi connectivity index (χ0v) is 6.95. The third-order valence-electron chi connectivity index (χ3n) is 1.51. The van der Waals surface area contributed by atoms with Gasteiger partial charge in [-0.05, 0) is 17.7 Å². The van der Waals surface area contributed by atoms with Crippen LogP contribution in [0.25, 0.3) is 0 Å². The molecule has 0 N–H and O–H groups in total. The summed E-state index contributed by atoms with van der Waals surface area (Å²) in [6.45, 7) is -0.125. The Morgan fingerprint density at radius 2 is 1.92 bits per heavy atom. The maximum absolute atomic E-state index is 9.98. The lowest BCUT2D eigenvalue weighted by Gasteiger charge is -2.01. The molecule has 0 spiro atoms. The molecule has 0 atom stereocenters. The highest BCUT2D eigenvalue weighted by Crippen LogP contribution is 2.11. The second-order valence-electron chi connectivity index (χ2n) is 2.31. The number of benzene rings is 1. The first-order valence-electron chi connectivity index (χ1n) is 3.65. The molecule has 12 heavy (non-hydrogen) atoms. The number of hydrogen-bond acceptors (Lipinski definition) is 2. The summed E-state index contributed by atoms with van der Waals surface area (Å²) in [7, 11) is 1.61. The van der Waals surface area contributed by atoms with E-state index in [0.717, 1.165) is 11.3 Å². The Morgan fingerprint density at radius 1 is 1.25 bits per heavy atom. The van der Waals surface area contributed by atoms with Crippen LogP contribution in [-0.2, 0) is 16.5 Å². The molecule has 0 unspecified atom stereocenters. The van der Waals surface area contributed by atoms with Crippen molar-refractivity contribution in [2.75, 3.05) is 13.9 Å². The van der Waals surface area contributed by atoms with Crippen LogP contribution in [0.1, 0.15) is 5.56 Å². The first-order valence-corrected chi connectivity index (χ1v) is 3.65. The van der Waals surface area contributed by atoms with E-state index in [2.05, 4.69) is 0 Å². The Balaban J connectivity index is 2.53. The second-order valence-corrected chi connectivity index (χ2v) is 2.31. The first kappa shape index (κ1) is 9.03. The van der Waals surface area contributed by atoms with Crippen molar-refractivity contribution in [1.82, 2.24) is 0 Å². The summed E-state index contributed by atoms with van der Waals surface area (Å²) < 4.78 is 9.67. The second kappa shape index (κ2) is 4.74. The van der Waals surface area contributed by atoms with E-state index in [-0.39, 0.29) is 0 Å². The lowest BCUT2D eigenvalue weighted by Crippen LogP contribution is -1.92. The van der Waals surface area contributed by atoms with Crippen molar-refractivity contribution >= 4 is 0 Å². The van der Waals surface area contributed by atoms with Gasteiger partial charge in [0.2, 0.25) is 0 Å². The fourth-order valence-corrected chi connectivity index (χ4v) is 0.881. The van der Waals surface area contributed by atoms with Gasteiger partial charge in [0.1, 0.15) is 5.75 Å². The lowest BCUT2D eigenvalue weighted by atomic mass is 10.2. The Kier molecular flexibility index (Phi) is 3.57. The third kappa shape index (κ3) is 2.53. The van der Waals surface area contributed by atoms with Crippen molar-refractivity contribution in [2.45, 2.75) is 6.61 Å². The number of rotatable bonds is 4. The predicted octanol–water partition coefficient (Wildman–Crippen LogP) is 1.60. The Labute approximate surface area is 71.5 Å². The molecule has 1 aromatic rings. The molecule has 1 rings (SSSR count). The van der Waals surface area contributed by atoms with Gasteiger partial charge in [0.15, 0.2) is 6.79 Å². The summed E-state index contributed by atoms with van der Waals surface area (Å²) in [6.07, 6.45) is 0. The monoisotopic (exact) mass is 167 g/mol. The zero-order chi connectivity index (χ0) is 8.81. The first-order chi connectivity index (χ1) is 5.86. The third-order valence-corrected chi connectivity index (χ3v) is 1.51.